The van der Waals surface area contributed by atoms with Gasteiger partial charge in [-0.25, -0.2) is 4.79 Å². The van der Waals surface area contributed by atoms with Gasteiger partial charge in [0, 0.05) is 18.1 Å². The number of phenols is 2. The van der Waals surface area contributed by atoms with Crippen LogP contribution in [-0.4, -0.2) is 33.9 Å². The number of benzene rings is 2. The number of carbonyl (C=O) groups is 3. The lowest BCUT2D eigenvalue weighted by Gasteiger charge is -2.23. The second kappa shape index (κ2) is 10.1. The lowest BCUT2D eigenvalue weighted by molar-refractivity contribution is -0.140. The van der Waals surface area contributed by atoms with Crippen molar-refractivity contribution in [2.24, 2.45) is 0 Å². The predicted octanol–water partition coefficient (Wildman–Crippen LogP) is 5.69. The van der Waals surface area contributed by atoms with Crippen LogP contribution < -0.4 is 0 Å². The molecule has 1 aliphatic carbocycles. The Morgan fingerprint density at radius 1 is 1.06 bits per heavy atom. The SMILES string of the molecule is CC(C)=CC[C@@H](OC(=O)/C=C/c1cccc(Cl)c1Cl)C1=CC(=O)c2c(O)ccc(O)c2C1=O. The van der Waals surface area contributed by atoms with Gasteiger partial charge in [-0.15, -0.1) is 0 Å². The van der Waals surface area contributed by atoms with Gasteiger partial charge >= 0.3 is 5.97 Å². The van der Waals surface area contributed by atoms with E-state index in [0.717, 1.165) is 29.9 Å². The molecular weight excluding hydrogens is 467 g/mol. The van der Waals surface area contributed by atoms with Crippen LogP contribution in [0.2, 0.25) is 10.0 Å². The van der Waals surface area contributed by atoms with Crippen LogP contribution in [0.25, 0.3) is 6.08 Å². The quantitative estimate of drug-likeness (QED) is 0.235. The number of allylic oxidation sites excluding steroid dienone is 2. The molecule has 170 valence electrons. The average Bonchev–Trinajstić information content (AvgIpc) is 2.76. The third-order valence-electron chi connectivity index (χ3n) is 4.91. The summed E-state index contributed by atoms with van der Waals surface area (Å²) in [6, 6.07) is 7.20. The van der Waals surface area contributed by atoms with Crippen LogP contribution in [0.3, 0.4) is 0 Å². The maximum Gasteiger partial charge on any atom is 0.331 e. The topological polar surface area (TPSA) is 101 Å². The molecule has 8 heteroatoms. The summed E-state index contributed by atoms with van der Waals surface area (Å²) in [6.07, 6.45) is 4.37. The van der Waals surface area contributed by atoms with Gasteiger partial charge in [-0.1, -0.05) is 47.0 Å². The van der Waals surface area contributed by atoms with E-state index in [9.17, 15) is 24.6 Å². The summed E-state index contributed by atoms with van der Waals surface area (Å²) < 4.78 is 5.50. The molecule has 0 bridgehead atoms. The predicted molar refractivity (Wildman–Crippen MR) is 126 cm³/mol. The number of halogens is 2. The van der Waals surface area contributed by atoms with Gasteiger partial charge in [0.25, 0.3) is 0 Å². The minimum atomic E-state index is -1.10. The summed E-state index contributed by atoms with van der Waals surface area (Å²) in [6.45, 7) is 3.67. The third kappa shape index (κ3) is 5.35. The molecule has 6 nitrogen and oxygen atoms in total. The van der Waals surface area contributed by atoms with E-state index in [1.807, 2.05) is 13.8 Å². The normalized spacial score (nSPS) is 14.0. The summed E-state index contributed by atoms with van der Waals surface area (Å²) in [4.78, 5) is 38.3. The fourth-order valence-electron chi connectivity index (χ4n) is 3.29. The van der Waals surface area contributed by atoms with Gasteiger partial charge in [0.15, 0.2) is 11.6 Å². The lowest BCUT2D eigenvalue weighted by atomic mass is 9.85. The average molecular weight is 487 g/mol. The molecule has 3 rings (SSSR count). The second-order valence-electron chi connectivity index (χ2n) is 7.57. The molecule has 1 atom stereocenters. The highest BCUT2D eigenvalue weighted by molar-refractivity contribution is 6.42. The zero-order valence-electron chi connectivity index (χ0n) is 17.8. The third-order valence-corrected chi connectivity index (χ3v) is 5.74. The Hall–Kier alpha value is -3.35. The molecule has 1 aliphatic rings. The minimum absolute atomic E-state index is 0.103. The standard InChI is InChI=1S/C25H20Cl2O6/c1-13(2)6-10-20(33-21(31)11-7-14-4-3-5-16(26)24(14)27)15-12-19(30)22-17(28)8-9-18(29)23(22)25(15)32/h3-9,11-12,20,28-29H,10H2,1-2H3/b11-7+/t20-/m1/s1. The summed E-state index contributed by atoms with van der Waals surface area (Å²) in [5.74, 6) is -3.03. The number of rotatable bonds is 6. The first kappa shape index (κ1) is 24.3. The molecule has 2 aromatic rings. The van der Waals surface area contributed by atoms with Crippen molar-refractivity contribution in [2.45, 2.75) is 26.4 Å². The molecule has 0 aromatic heterocycles. The fraction of sp³-hybridized carbons (Fsp3) is 0.160. The van der Waals surface area contributed by atoms with Crippen molar-refractivity contribution in [3.05, 3.63) is 86.4 Å². The number of Topliss-reactive ketones (excluding diaryl/α,β-unsaturated/α-hetero) is 1. The Morgan fingerprint density at radius 2 is 1.73 bits per heavy atom. The van der Waals surface area contributed by atoms with Crippen LogP contribution >= 0.6 is 23.2 Å². The summed E-state index contributed by atoms with van der Waals surface area (Å²) >= 11 is 12.1. The van der Waals surface area contributed by atoms with Gasteiger partial charge in [0.2, 0.25) is 0 Å². The van der Waals surface area contributed by atoms with Gasteiger partial charge in [0.05, 0.1) is 21.2 Å². The molecule has 0 amide bonds. The summed E-state index contributed by atoms with van der Waals surface area (Å²) in [5, 5.41) is 20.8. The highest BCUT2D eigenvalue weighted by atomic mass is 35.5. The first-order valence-electron chi connectivity index (χ1n) is 9.91. The molecule has 0 fully saturated rings. The first-order valence-corrected chi connectivity index (χ1v) is 10.7. The highest BCUT2D eigenvalue weighted by Gasteiger charge is 2.35. The van der Waals surface area contributed by atoms with E-state index in [1.165, 1.54) is 6.08 Å². The van der Waals surface area contributed by atoms with Crippen molar-refractivity contribution in [1.82, 2.24) is 0 Å². The van der Waals surface area contributed by atoms with Crippen molar-refractivity contribution in [3.8, 4) is 11.5 Å². The van der Waals surface area contributed by atoms with E-state index < -0.39 is 35.1 Å². The van der Waals surface area contributed by atoms with E-state index in [1.54, 1.807) is 24.3 Å². The van der Waals surface area contributed by atoms with E-state index in [-0.39, 0.29) is 28.1 Å². The van der Waals surface area contributed by atoms with Crippen LogP contribution in [0.4, 0.5) is 0 Å². The largest absolute Gasteiger partial charge is 0.507 e. The van der Waals surface area contributed by atoms with Crippen molar-refractivity contribution in [2.75, 3.05) is 0 Å². The Balaban J connectivity index is 1.92. The smallest absolute Gasteiger partial charge is 0.331 e. The van der Waals surface area contributed by atoms with Crippen LogP contribution in [-0.2, 0) is 9.53 Å². The van der Waals surface area contributed by atoms with E-state index >= 15 is 0 Å². The van der Waals surface area contributed by atoms with Crippen molar-refractivity contribution in [1.29, 1.82) is 0 Å². The zero-order chi connectivity index (χ0) is 24.3. The molecule has 0 radical (unpaired) electrons. The van der Waals surface area contributed by atoms with Crippen LogP contribution in [0, 0.1) is 0 Å². The van der Waals surface area contributed by atoms with E-state index in [0.29, 0.717) is 10.6 Å². The summed E-state index contributed by atoms with van der Waals surface area (Å²) in [7, 11) is 0. The number of hydrogen-bond acceptors (Lipinski definition) is 6. The van der Waals surface area contributed by atoms with Crippen LogP contribution in [0.15, 0.2) is 59.7 Å². The maximum atomic E-state index is 13.1. The number of phenolic OH excluding ortho intramolecular Hbond substituents is 2. The van der Waals surface area contributed by atoms with Crippen LogP contribution in [0.5, 0.6) is 11.5 Å². The molecule has 0 saturated carbocycles. The number of ketones is 2. The van der Waals surface area contributed by atoms with Gasteiger partial charge in [-0.05, 0) is 49.8 Å². The molecule has 2 N–H and O–H groups in total. The number of fused-ring (bicyclic) bond motifs is 1. The summed E-state index contributed by atoms with van der Waals surface area (Å²) in [5.41, 5.74) is 0.699. The van der Waals surface area contributed by atoms with E-state index in [2.05, 4.69) is 0 Å². The molecule has 2 aromatic carbocycles. The Morgan fingerprint density at radius 3 is 2.39 bits per heavy atom. The van der Waals surface area contributed by atoms with E-state index in [4.69, 9.17) is 27.9 Å². The molecule has 0 unspecified atom stereocenters. The molecule has 33 heavy (non-hydrogen) atoms. The highest BCUT2D eigenvalue weighted by Crippen LogP contribution is 2.36. The number of hydrogen-bond donors (Lipinski definition) is 2. The second-order valence-corrected chi connectivity index (χ2v) is 8.35. The Bertz CT molecular complexity index is 1240. The number of aromatic hydroxyl groups is 2. The lowest BCUT2D eigenvalue weighted by Crippen LogP contribution is -2.28. The fourth-order valence-corrected chi connectivity index (χ4v) is 3.66. The molecule has 0 saturated heterocycles. The van der Waals surface area contributed by atoms with Crippen molar-refractivity contribution in [3.63, 3.8) is 0 Å². The van der Waals surface area contributed by atoms with Crippen molar-refractivity contribution >= 4 is 46.8 Å². The Labute approximate surface area is 200 Å². The van der Waals surface area contributed by atoms with Gasteiger partial charge in [0.1, 0.15) is 17.6 Å². The Kier molecular flexibility index (Phi) is 7.41. The number of carbonyl (C=O) groups excluding carboxylic acids is 3. The zero-order valence-corrected chi connectivity index (χ0v) is 19.3. The maximum absolute atomic E-state index is 13.1. The molecular formula is C25H20Cl2O6. The van der Waals surface area contributed by atoms with Crippen molar-refractivity contribution < 1.29 is 29.3 Å². The van der Waals surface area contributed by atoms with Gasteiger partial charge in [-0.3, -0.25) is 9.59 Å². The molecule has 0 aliphatic heterocycles. The van der Waals surface area contributed by atoms with Gasteiger partial charge in [-0.2, -0.15) is 0 Å². The minimum Gasteiger partial charge on any atom is -0.507 e. The number of ether oxygens (including phenoxy) is 1. The number of esters is 1. The molecule has 0 spiro atoms. The molecule has 0 heterocycles. The van der Waals surface area contributed by atoms with Crippen LogP contribution in [0.1, 0.15) is 46.5 Å². The van der Waals surface area contributed by atoms with Gasteiger partial charge < -0.3 is 14.9 Å². The monoisotopic (exact) mass is 486 g/mol. The first-order chi connectivity index (χ1) is 15.6.